The number of carbonyl (C=O) groups is 9. The summed E-state index contributed by atoms with van der Waals surface area (Å²) in [6.45, 7) is 16.5. The highest BCUT2D eigenvalue weighted by atomic mass is 16.6. The van der Waals surface area contributed by atoms with Gasteiger partial charge in [-0.15, -0.1) is 0 Å². The summed E-state index contributed by atoms with van der Waals surface area (Å²) in [5.41, 5.74) is 14.5. The van der Waals surface area contributed by atoms with Gasteiger partial charge in [-0.25, -0.2) is 0 Å². The fourth-order valence-electron chi connectivity index (χ4n) is 10.9. The van der Waals surface area contributed by atoms with Gasteiger partial charge in [-0.1, -0.05) is 93.1 Å². The molecule has 0 saturated heterocycles. The first-order valence-electron chi connectivity index (χ1n) is 29.7. The molecule has 4 aromatic rings. The molecule has 4 aliphatic carbocycles. The van der Waals surface area contributed by atoms with Crippen LogP contribution < -0.4 is 16.2 Å². The van der Waals surface area contributed by atoms with Gasteiger partial charge in [0.25, 0.3) is 0 Å². The van der Waals surface area contributed by atoms with Gasteiger partial charge in [0.05, 0.1) is 18.3 Å². The molecule has 7 aliphatic rings. The first-order valence-corrected chi connectivity index (χ1v) is 29.7. The van der Waals surface area contributed by atoms with E-state index in [4.69, 9.17) is 45.0 Å². The van der Waals surface area contributed by atoms with Crippen molar-refractivity contribution in [1.82, 2.24) is 0 Å². The molecule has 19 nitrogen and oxygen atoms in total. The van der Waals surface area contributed by atoms with Crippen molar-refractivity contribution in [3.05, 3.63) is 158 Å². The molecule has 0 amide bonds. The molecular formula is C69H76N2O17. The van der Waals surface area contributed by atoms with E-state index in [9.17, 15) is 48.3 Å². The van der Waals surface area contributed by atoms with E-state index in [1.54, 1.807) is 113 Å². The molecule has 0 bridgehead atoms. The molecule has 11 rings (SSSR count). The highest BCUT2D eigenvalue weighted by Gasteiger charge is 2.48. The number of hydrogen-bond acceptors (Lipinski definition) is 19. The average Bonchev–Trinajstić information content (AvgIpc) is 1.08. The van der Waals surface area contributed by atoms with E-state index < -0.39 is 81.7 Å². The Balaban J connectivity index is 0.000000153. The smallest absolute Gasteiger partial charge is 0.323 e. The Kier molecular flexibility index (Phi) is 20.3. The van der Waals surface area contributed by atoms with Gasteiger partial charge in [0, 0.05) is 87.7 Å². The van der Waals surface area contributed by atoms with Gasteiger partial charge < -0.3 is 50.1 Å². The number of hydrogen-bond donors (Lipinski definition) is 4. The Morgan fingerprint density at radius 1 is 0.580 bits per heavy atom. The van der Waals surface area contributed by atoms with Crippen molar-refractivity contribution >= 4 is 75.3 Å². The van der Waals surface area contributed by atoms with Crippen LogP contribution in [-0.4, -0.2) is 124 Å². The van der Waals surface area contributed by atoms with Gasteiger partial charge in [-0.05, 0) is 104 Å². The number of fused-ring (bicyclic) bond motifs is 7. The van der Waals surface area contributed by atoms with Crippen LogP contribution in [0.4, 0.5) is 0 Å². The second kappa shape index (κ2) is 27.3. The number of ketones is 8. The Morgan fingerprint density at radius 2 is 1.08 bits per heavy atom. The number of nitrogens with two attached hydrogens (primary N) is 2. The summed E-state index contributed by atoms with van der Waals surface area (Å²) in [6, 6.07) is 25.2. The molecule has 3 unspecified atom stereocenters. The monoisotopic (exact) mass is 1200 g/mol. The molecule has 0 aromatic heterocycles. The molecule has 0 fully saturated rings. The largest absolute Gasteiger partial charge is 0.493 e. The fraction of sp³-hybridized carbons (Fsp3) is 0.406. The molecule has 0 radical (unpaired) electrons. The molecule has 6 N–H and O–H groups in total. The normalized spacial score (nSPS) is 20.1. The predicted octanol–water partition coefficient (Wildman–Crippen LogP) is 8.82. The summed E-state index contributed by atoms with van der Waals surface area (Å²) in [7, 11) is 0. The lowest BCUT2D eigenvalue weighted by atomic mass is 9.81. The molecule has 4 aromatic carbocycles. The maximum Gasteiger partial charge on any atom is 0.323 e. The lowest BCUT2D eigenvalue weighted by molar-refractivity contribution is -0.165. The lowest BCUT2D eigenvalue weighted by Gasteiger charge is -2.41. The Hall–Kier alpha value is -8.49. The average molecular weight is 1210 g/mol. The number of rotatable bonds is 14. The van der Waals surface area contributed by atoms with Crippen LogP contribution >= 0.6 is 0 Å². The van der Waals surface area contributed by atoms with E-state index in [0.717, 1.165) is 32.1 Å². The lowest BCUT2D eigenvalue weighted by Crippen LogP contribution is -2.49. The van der Waals surface area contributed by atoms with E-state index in [0.29, 0.717) is 111 Å². The van der Waals surface area contributed by atoms with Gasteiger partial charge in [0.2, 0.25) is 46.3 Å². The highest BCUT2D eigenvalue weighted by molar-refractivity contribution is 6.54. The number of aliphatic hydroxyl groups excluding tert-OH is 2. The maximum atomic E-state index is 12.6. The van der Waals surface area contributed by atoms with Crippen LogP contribution in [0.5, 0.6) is 5.75 Å². The Labute approximate surface area is 511 Å². The van der Waals surface area contributed by atoms with Crippen LogP contribution in [0.3, 0.4) is 0 Å². The van der Waals surface area contributed by atoms with Crippen molar-refractivity contribution in [1.29, 1.82) is 0 Å². The van der Waals surface area contributed by atoms with Crippen molar-refractivity contribution in [2.75, 3.05) is 26.4 Å². The van der Waals surface area contributed by atoms with E-state index in [2.05, 4.69) is 0 Å². The van der Waals surface area contributed by atoms with Crippen molar-refractivity contribution in [3.63, 3.8) is 0 Å². The highest BCUT2D eigenvalue weighted by Crippen LogP contribution is 2.45. The zero-order valence-electron chi connectivity index (χ0n) is 50.9. The Bertz CT molecular complexity index is 3610. The van der Waals surface area contributed by atoms with E-state index >= 15 is 0 Å². The first kappa shape index (κ1) is 65.5. The number of unbranched alkanes of at least 4 members (excludes halogenated alkanes) is 3. The number of carbonyl (C=O) groups excluding carboxylic acids is 9. The molecule has 3 atom stereocenters. The number of allylic oxidation sites excluding steroid dienone is 2. The molecule has 3 heterocycles. The molecule has 19 heteroatoms. The second-order valence-electron chi connectivity index (χ2n) is 24.4. The zero-order chi connectivity index (χ0) is 64.0. The summed E-state index contributed by atoms with van der Waals surface area (Å²) in [5.74, 6) is -2.09. The molecule has 0 spiro atoms. The van der Waals surface area contributed by atoms with Gasteiger partial charge in [-0.3, -0.25) is 43.2 Å². The molecule has 0 saturated carbocycles. The summed E-state index contributed by atoms with van der Waals surface area (Å²) in [4.78, 5) is 109. The number of esters is 1. The minimum absolute atomic E-state index is 0.126. The van der Waals surface area contributed by atoms with Crippen molar-refractivity contribution in [3.8, 4) is 5.75 Å². The first-order chi connectivity index (χ1) is 41.7. The number of aliphatic hydroxyl groups is 2. The van der Waals surface area contributed by atoms with Crippen LogP contribution in [0.1, 0.15) is 177 Å². The third-order valence-corrected chi connectivity index (χ3v) is 15.9. The van der Waals surface area contributed by atoms with Crippen LogP contribution in [-0.2, 0) is 47.7 Å². The van der Waals surface area contributed by atoms with Crippen LogP contribution in [0, 0.1) is 5.92 Å². The van der Waals surface area contributed by atoms with Crippen molar-refractivity contribution < 1.29 is 81.8 Å². The van der Waals surface area contributed by atoms with Crippen molar-refractivity contribution in [2.45, 2.75) is 148 Å². The molecule has 464 valence electrons. The second-order valence-corrected chi connectivity index (χ2v) is 24.4. The Morgan fingerprint density at radius 3 is 1.66 bits per heavy atom. The summed E-state index contributed by atoms with van der Waals surface area (Å²) < 4.78 is 34.5. The minimum Gasteiger partial charge on any atom is -0.493 e. The van der Waals surface area contributed by atoms with E-state index in [1.165, 1.54) is 6.08 Å². The zero-order valence-corrected chi connectivity index (χ0v) is 50.9. The van der Waals surface area contributed by atoms with E-state index in [1.807, 2.05) is 33.8 Å². The maximum absolute atomic E-state index is 12.6. The predicted molar refractivity (Wildman–Crippen MR) is 325 cm³/mol. The third kappa shape index (κ3) is 14.2. The van der Waals surface area contributed by atoms with E-state index in [-0.39, 0.29) is 42.1 Å². The molecular weight excluding hydrogens is 1130 g/mol. The third-order valence-electron chi connectivity index (χ3n) is 15.9. The topological polar surface area (TPSA) is 302 Å². The van der Waals surface area contributed by atoms with Gasteiger partial charge in [0.15, 0.2) is 0 Å². The summed E-state index contributed by atoms with van der Waals surface area (Å²) >= 11 is 0. The molecule has 88 heavy (non-hydrogen) atoms. The van der Waals surface area contributed by atoms with Crippen LogP contribution in [0.2, 0.25) is 0 Å². The van der Waals surface area contributed by atoms with Gasteiger partial charge >= 0.3 is 5.97 Å². The van der Waals surface area contributed by atoms with Gasteiger partial charge in [0.1, 0.15) is 64.3 Å². The minimum atomic E-state index is -0.861. The standard InChI is InChI=1S/C21H25NO5.C17H19NO4.C16H18O4.C15H14O4/c1-11(2)9-15(22)20(25)26-16-10-14-18(24)17(23)12-7-5-6-8-13(12)19(14)27-21(16,3)4;1-17(2)6-5-12-14(19)15(20)13-9-10(21-8-7-18)3-4-11(13)16(12)22-17;17-9-5-1-2-6-10-20-15-11-14(18)16(19)13-8-4-3-7-12(13)15;1-15(2)11(16)7-10-13(18)12(17)8-5-3-4-6-9(8)14(10)19-15/h5-8,11,15-16H,9-10,22H2,1-4H3;3-4,9H,5-8,18H2,1-2H3;3-4,7-8,11,17H,1-2,5-6,9-10H2;3-6,11,16H,7H2,1-2H3. The SMILES string of the molecule is CC(C)CC(N)C(=O)OC1CC2=C(OC1(C)C)c1ccccc1C(=O)C2=O.CC1(C)CCC2=C(O1)c1ccc(OCCN)cc1C(=O)C2=O.CC1(C)OC2=C(CC1O)C(=O)C(=O)c1ccccc12.O=C1C=C(OCCCCCCO)c2ccccc2C1=O. The summed E-state index contributed by atoms with van der Waals surface area (Å²) in [5, 5.41) is 18.7. The number of Topliss-reactive ketones (excluding diaryl/α,β-unsaturated/α-hetero) is 7. The van der Waals surface area contributed by atoms with Crippen molar-refractivity contribution in [2.24, 2.45) is 17.4 Å². The summed E-state index contributed by atoms with van der Waals surface area (Å²) in [6.07, 6.45) is 5.45. The molecule has 3 aliphatic heterocycles. The van der Waals surface area contributed by atoms with Crippen LogP contribution in [0.25, 0.3) is 23.0 Å². The van der Waals surface area contributed by atoms with Gasteiger partial charge in [-0.2, -0.15) is 0 Å². The number of ether oxygens (including phenoxy) is 6. The number of benzene rings is 4. The quantitative estimate of drug-likeness (QED) is 0.0520. The fourth-order valence-corrected chi connectivity index (χ4v) is 10.9. The van der Waals surface area contributed by atoms with Crippen LogP contribution in [0.15, 0.2) is 114 Å².